The lowest BCUT2D eigenvalue weighted by Gasteiger charge is -2.24. The van der Waals surface area contributed by atoms with Crippen LogP contribution in [0, 0.1) is 6.92 Å². The molecule has 0 aliphatic carbocycles. The van der Waals surface area contributed by atoms with Gasteiger partial charge in [-0.15, -0.1) is 0 Å². The van der Waals surface area contributed by atoms with Crippen LogP contribution in [0.2, 0.25) is 0 Å². The normalized spacial score (nSPS) is 11.9. The molecule has 0 saturated heterocycles. The van der Waals surface area contributed by atoms with Gasteiger partial charge >= 0.3 is 0 Å². The largest absolute Gasteiger partial charge is 0.327 e. The number of hydrogen-bond donors (Lipinski definition) is 0. The first-order chi connectivity index (χ1) is 6.29. The van der Waals surface area contributed by atoms with E-state index in [1.54, 1.807) is 0 Å². The first-order valence-corrected chi connectivity index (χ1v) is 6.13. The molecule has 0 radical (unpaired) electrons. The van der Waals surface area contributed by atoms with E-state index >= 15 is 0 Å². The average Bonchev–Trinajstić information content (AvgIpc) is 1.97. The van der Waals surface area contributed by atoms with Gasteiger partial charge < -0.3 is 4.48 Å². The number of halogens is 2. The van der Waals surface area contributed by atoms with Gasteiger partial charge in [-0.25, -0.2) is 0 Å². The molecule has 1 aromatic rings. The molecular formula is C11H16Br2N+. The molecule has 0 spiro atoms. The second-order valence-corrected chi connectivity index (χ2v) is 6.35. The summed E-state index contributed by atoms with van der Waals surface area (Å²) in [5.74, 6) is 0. The van der Waals surface area contributed by atoms with Crippen LogP contribution in [0.3, 0.4) is 0 Å². The Bertz CT molecular complexity index is 340. The molecule has 0 bridgehead atoms. The van der Waals surface area contributed by atoms with Crippen LogP contribution in [0.1, 0.15) is 11.1 Å². The summed E-state index contributed by atoms with van der Waals surface area (Å²) in [5.41, 5.74) is 2.61. The highest BCUT2D eigenvalue weighted by atomic mass is 79.9. The predicted molar refractivity (Wildman–Crippen MR) is 68.3 cm³/mol. The Morgan fingerprint density at radius 3 is 2.14 bits per heavy atom. The molecule has 3 heteroatoms. The quantitative estimate of drug-likeness (QED) is 0.728. The predicted octanol–water partition coefficient (Wildman–Crippen LogP) is 3.73. The van der Waals surface area contributed by atoms with Crippen LogP contribution >= 0.6 is 31.9 Å². The standard InChI is InChI=1S/C11H16Br2N/c1-8-5-11(13)9(6-10(8)12)7-14(2,3)4/h5-6H,7H2,1-4H3/q+1. The van der Waals surface area contributed by atoms with Gasteiger partial charge in [-0.2, -0.15) is 0 Å². The van der Waals surface area contributed by atoms with Crippen molar-refractivity contribution in [2.45, 2.75) is 13.5 Å². The van der Waals surface area contributed by atoms with E-state index in [0.29, 0.717) is 0 Å². The van der Waals surface area contributed by atoms with Crippen LogP contribution in [0.5, 0.6) is 0 Å². The van der Waals surface area contributed by atoms with Gasteiger partial charge in [0.25, 0.3) is 0 Å². The highest BCUT2D eigenvalue weighted by molar-refractivity contribution is 9.11. The molecule has 0 fully saturated rings. The molecular weight excluding hydrogens is 306 g/mol. The second-order valence-electron chi connectivity index (χ2n) is 4.64. The summed E-state index contributed by atoms with van der Waals surface area (Å²) in [6, 6.07) is 4.36. The molecule has 78 valence electrons. The van der Waals surface area contributed by atoms with Crippen molar-refractivity contribution in [3.05, 3.63) is 32.2 Å². The minimum atomic E-state index is 0.939. The van der Waals surface area contributed by atoms with Crippen LogP contribution in [-0.2, 0) is 6.54 Å². The minimum Gasteiger partial charge on any atom is -0.327 e. The van der Waals surface area contributed by atoms with Gasteiger partial charge in [0.15, 0.2) is 0 Å². The topological polar surface area (TPSA) is 0 Å². The van der Waals surface area contributed by atoms with Crippen molar-refractivity contribution in [1.29, 1.82) is 0 Å². The summed E-state index contributed by atoms with van der Waals surface area (Å²) >= 11 is 7.16. The Morgan fingerprint density at radius 1 is 1.07 bits per heavy atom. The molecule has 14 heavy (non-hydrogen) atoms. The summed E-state index contributed by atoms with van der Waals surface area (Å²) in [5, 5.41) is 0. The van der Waals surface area contributed by atoms with Gasteiger partial charge in [-0.3, -0.25) is 0 Å². The average molecular weight is 322 g/mol. The highest BCUT2D eigenvalue weighted by Crippen LogP contribution is 2.26. The molecule has 0 atom stereocenters. The van der Waals surface area contributed by atoms with E-state index in [2.05, 4.69) is 72.1 Å². The van der Waals surface area contributed by atoms with E-state index in [9.17, 15) is 0 Å². The molecule has 0 amide bonds. The van der Waals surface area contributed by atoms with Crippen LogP contribution in [-0.4, -0.2) is 25.6 Å². The summed E-state index contributed by atoms with van der Waals surface area (Å²) in [6.07, 6.45) is 0. The molecule has 1 nitrogen and oxygen atoms in total. The first kappa shape index (κ1) is 12.2. The van der Waals surface area contributed by atoms with Crippen molar-refractivity contribution in [2.24, 2.45) is 0 Å². The first-order valence-electron chi connectivity index (χ1n) is 4.54. The number of nitrogens with zero attached hydrogens (tertiary/aromatic N) is 1. The number of hydrogen-bond acceptors (Lipinski definition) is 0. The fourth-order valence-electron chi connectivity index (χ4n) is 1.32. The van der Waals surface area contributed by atoms with Crippen molar-refractivity contribution < 1.29 is 4.48 Å². The Kier molecular flexibility index (Phi) is 3.78. The van der Waals surface area contributed by atoms with Gasteiger partial charge in [0.05, 0.1) is 21.1 Å². The summed E-state index contributed by atoms with van der Waals surface area (Å²) in [4.78, 5) is 0. The molecule has 0 unspecified atom stereocenters. The Labute approximate surface area is 103 Å². The molecule has 0 heterocycles. The van der Waals surface area contributed by atoms with Crippen LogP contribution in [0.25, 0.3) is 0 Å². The number of quaternary nitrogens is 1. The smallest absolute Gasteiger partial charge is 0.105 e. The van der Waals surface area contributed by atoms with E-state index in [1.165, 1.54) is 20.1 Å². The Balaban J connectivity index is 3.04. The fraction of sp³-hybridized carbons (Fsp3) is 0.455. The van der Waals surface area contributed by atoms with Crippen LogP contribution in [0.4, 0.5) is 0 Å². The summed E-state index contributed by atoms with van der Waals surface area (Å²) < 4.78 is 3.32. The summed E-state index contributed by atoms with van der Waals surface area (Å²) in [7, 11) is 6.58. The molecule has 0 aliphatic rings. The zero-order chi connectivity index (χ0) is 10.9. The third-order valence-electron chi connectivity index (χ3n) is 1.97. The maximum atomic E-state index is 3.60. The van der Waals surface area contributed by atoms with E-state index in [0.717, 1.165) is 11.0 Å². The number of aryl methyl sites for hydroxylation is 1. The zero-order valence-corrected chi connectivity index (χ0v) is 12.2. The van der Waals surface area contributed by atoms with Crippen molar-refractivity contribution in [3.63, 3.8) is 0 Å². The molecule has 0 N–H and O–H groups in total. The molecule has 0 saturated carbocycles. The molecule has 1 aromatic carbocycles. The third-order valence-corrected chi connectivity index (χ3v) is 3.56. The van der Waals surface area contributed by atoms with Gasteiger partial charge in [-0.05, 0) is 24.6 Å². The van der Waals surface area contributed by atoms with E-state index < -0.39 is 0 Å². The number of benzene rings is 1. The lowest BCUT2D eigenvalue weighted by Crippen LogP contribution is -2.33. The summed E-state index contributed by atoms with van der Waals surface area (Å²) in [6.45, 7) is 3.13. The molecule has 0 aliphatic heterocycles. The highest BCUT2D eigenvalue weighted by Gasteiger charge is 2.12. The Hall–Kier alpha value is 0.140. The molecule has 0 aromatic heterocycles. The van der Waals surface area contributed by atoms with Crippen molar-refractivity contribution in [3.8, 4) is 0 Å². The van der Waals surface area contributed by atoms with Crippen molar-refractivity contribution in [2.75, 3.05) is 21.1 Å². The van der Waals surface area contributed by atoms with Gasteiger partial charge in [0, 0.05) is 14.5 Å². The van der Waals surface area contributed by atoms with Crippen molar-refractivity contribution in [1.82, 2.24) is 0 Å². The number of rotatable bonds is 2. The third kappa shape index (κ3) is 3.37. The van der Waals surface area contributed by atoms with Crippen LogP contribution in [0.15, 0.2) is 21.1 Å². The minimum absolute atomic E-state index is 0.939. The van der Waals surface area contributed by atoms with E-state index in [4.69, 9.17) is 0 Å². The maximum absolute atomic E-state index is 3.60. The van der Waals surface area contributed by atoms with Crippen molar-refractivity contribution >= 4 is 31.9 Å². The van der Waals surface area contributed by atoms with E-state index in [-0.39, 0.29) is 0 Å². The SMILES string of the molecule is Cc1cc(Br)c(C[N+](C)(C)C)cc1Br. The van der Waals surface area contributed by atoms with Gasteiger partial charge in [0.1, 0.15) is 6.54 Å². The van der Waals surface area contributed by atoms with Gasteiger partial charge in [-0.1, -0.05) is 31.9 Å². The zero-order valence-electron chi connectivity index (χ0n) is 9.06. The second kappa shape index (κ2) is 4.33. The van der Waals surface area contributed by atoms with Gasteiger partial charge in [0.2, 0.25) is 0 Å². The van der Waals surface area contributed by atoms with E-state index in [1.807, 2.05) is 0 Å². The fourth-order valence-corrected chi connectivity index (χ4v) is 2.29. The monoisotopic (exact) mass is 320 g/mol. The lowest BCUT2D eigenvalue weighted by molar-refractivity contribution is -0.884. The Morgan fingerprint density at radius 2 is 1.64 bits per heavy atom. The van der Waals surface area contributed by atoms with Crippen LogP contribution < -0.4 is 0 Å². The molecule has 1 rings (SSSR count). The maximum Gasteiger partial charge on any atom is 0.105 e. The lowest BCUT2D eigenvalue weighted by atomic mass is 10.1.